The third-order valence-electron chi connectivity index (χ3n) is 2.91. The van der Waals surface area contributed by atoms with Crippen molar-refractivity contribution in [2.45, 2.75) is 26.2 Å². The fourth-order valence-corrected chi connectivity index (χ4v) is 1.95. The lowest BCUT2D eigenvalue weighted by Crippen LogP contribution is -2.44. The van der Waals surface area contributed by atoms with Crippen LogP contribution in [0, 0.1) is 0 Å². The van der Waals surface area contributed by atoms with Crippen LogP contribution in [0.2, 0.25) is 0 Å². The molecule has 1 fully saturated rings. The van der Waals surface area contributed by atoms with Crippen LogP contribution in [0.3, 0.4) is 0 Å². The van der Waals surface area contributed by atoms with Gasteiger partial charge < -0.3 is 10.1 Å². The van der Waals surface area contributed by atoms with Gasteiger partial charge in [-0.1, -0.05) is 19.1 Å². The summed E-state index contributed by atoms with van der Waals surface area (Å²) in [6.07, 6.45) is 2.15. The first-order valence-electron chi connectivity index (χ1n) is 6.80. The van der Waals surface area contributed by atoms with Gasteiger partial charge in [0.1, 0.15) is 5.75 Å². The van der Waals surface area contributed by atoms with Crippen molar-refractivity contribution in [3.8, 4) is 5.75 Å². The summed E-state index contributed by atoms with van der Waals surface area (Å²) >= 11 is 0. The minimum atomic E-state index is -0.437. The summed E-state index contributed by atoms with van der Waals surface area (Å²) < 4.78 is 5.56. The monoisotopic (exact) mass is 277 g/mol. The second kappa shape index (κ2) is 6.79. The van der Waals surface area contributed by atoms with Crippen molar-refractivity contribution >= 4 is 17.6 Å². The molecule has 0 bridgehead atoms. The Bertz CT molecular complexity index is 490. The number of amides is 3. The van der Waals surface area contributed by atoms with E-state index in [4.69, 9.17) is 4.74 Å². The highest BCUT2D eigenvalue weighted by Gasteiger charge is 2.22. The lowest BCUT2D eigenvalue weighted by Gasteiger charge is -2.18. The van der Waals surface area contributed by atoms with E-state index < -0.39 is 6.03 Å². The van der Waals surface area contributed by atoms with E-state index in [9.17, 15) is 9.59 Å². The minimum Gasteiger partial charge on any atom is -0.491 e. The molecule has 0 aliphatic carbocycles. The molecular formula is C14H19N3O3. The number of benzene rings is 1. The molecule has 6 heteroatoms. The van der Waals surface area contributed by atoms with Gasteiger partial charge in [0.15, 0.2) is 0 Å². The Hall–Kier alpha value is -2.24. The lowest BCUT2D eigenvalue weighted by molar-refractivity contribution is -0.129. The zero-order valence-corrected chi connectivity index (χ0v) is 11.5. The first kappa shape index (κ1) is 14.2. The fraction of sp³-hybridized carbons (Fsp3) is 0.429. The normalized spacial score (nSPS) is 14.2. The molecule has 0 saturated carbocycles. The van der Waals surface area contributed by atoms with E-state index in [0.717, 1.165) is 12.8 Å². The maximum absolute atomic E-state index is 11.9. The maximum atomic E-state index is 11.9. The second-order valence-electron chi connectivity index (χ2n) is 4.56. The van der Waals surface area contributed by atoms with E-state index in [1.807, 2.05) is 19.1 Å². The number of urea groups is 1. The summed E-state index contributed by atoms with van der Waals surface area (Å²) in [6.45, 7) is 3.16. The second-order valence-corrected chi connectivity index (χ2v) is 4.56. The highest BCUT2D eigenvalue weighted by Crippen LogP contribution is 2.23. The predicted octanol–water partition coefficient (Wildman–Crippen LogP) is 2.13. The molecule has 108 valence electrons. The van der Waals surface area contributed by atoms with Gasteiger partial charge in [-0.25, -0.2) is 10.2 Å². The van der Waals surface area contributed by atoms with Crippen LogP contribution in [0.25, 0.3) is 0 Å². The van der Waals surface area contributed by atoms with Crippen LogP contribution in [0.1, 0.15) is 26.2 Å². The number of carbonyl (C=O) groups excluding carboxylic acids is 2. The number of para-hydroxylation sites is 2. The molecule has 20 heavy (non-hydrogen) atoms. The van der Waals surface area contributed by atoms with Crippen LogP contribution in [0.15, 0.2) is 24.3 Å². The highest BCUT2D eigenvalue weighted by atomic mass is 16.5. The van der Waals surface area contributed by atoms with Crippen molar-refractivity contribution in [1.29, 1.82) is 0 Å². The van der Waals surface area contributed by atoms with Crippen molar-refractivity contribution in [2.75, 3.05) is 18.5 Å². The van der Waals surface area contributed by atoms with E-state index >= 15 is 0 Å². The quantitative estimate of drug-likeness (QED) is 0.866. The zero-order valence-electron chi connectivity index (χ0n) is 11.5. The molecule has 0 atom stereocenters. The van der Waals surface area contributed by atoms with Gasteiger partial charge in [-0.15, -0.1) is 0 Å². The van der Waals surface area contributed by atoms with Crippen molar-refractivity contribution < 1.29 is 14.3 Å². The summed E-state index contributed by atoms with van der Waals surface area (Å²) in [5.41, 5.74) is 3.13. The standard InChI is InChI=1S/C14H19N3O3/c1-2-10-20-12-7-4-3-6-11(12)15-14(19)16-17-9-5-8-13(17)18/h3-4,6-7H,2,5,8-10H2,1H3,(H2,15,16,19). The van der Waals surface area contributed by atoms with Crippen LogP contribution in [-0.4, -0.2) is 30.1 Å². The highest BCUT2D eigenvalue weighted by molar-refractivity contribution is 5.92. The number of nitrogens with zero attached hydrogens (tertiary/aromatic N) is 1. The van der Waals surface area contributed by atoms with Gasteiger partial charge in [-0.2, -0.15) is 0 Å². The van der Waals surface area contributed by atoms with E-state index in [2.05, 4.69) is 10.7 Å². The molecular weight excluding hydrogens is 258 g/mol. The molecule has 3 amide bonds. The van der Waals surface area contributed by atoms with Gasteiger partial charge in [0.25, 0.3) is 0 Å². The number of carbonyl (C=O) groups is 2. The molecule has 0 radical (unpaired) electrons. The molecule has 1 aliphatic rings. The summed E-state index contributed by atoms with van der Waals surface area (Å²) in [6, 6.07) is 6.78. The largest absolute Gasteiger partial charge is 0.491 e. The van der Waals surface area contributed by atoms with Crippen molar-refractivity contribution in [3.63, 3.8) is 0 Å². The Morgan fingerprint density at radius 3 is 2.90 bits per heavy atom. The van der Waals surface area contributed by atoms with Gasteiger partial charge in [0.05, 0.1) is 12.3 Å². The molecule has 2 N–H and O–H groups in total. The molecule has 1 heterocycles. The Morgan fingerprint density at radius 2 is 2.20 bits per heavy atom. The van der Waals surface area contributed by atoms with Crippen LogP contribution in [-0.2, 0) is 4.79 Å². The third-order valence-corrected chi connectivity index (χ3v) is 2.91. The van der Waals surface area contributed by atoms with Crippen LogP contribution < -0.4 is 15.5 Å². The number of hydrogen-bond acceptors (Lipinski definition) is 3. The number of hydrogen-bond donors (Lipinski definition) is 2. The van der Waals surface area contributed by atoms with Gasteiger partial charge in [-0.05, 0) is 25.0 Å². The van der Waals surface area contributed by atoms with Crippen LogP contribution in [0.4, 0.5) is 10.5 Å². The Balaban J connectivity index is 1.95. The smallest absolute Gasteiger partial charge is 0.338 e. The number of hydrazine groups is 1. The maximum Gasteiger partial charge on any atom is 0.338 e. The SMILES string of the molecule is CCCOc1ccccc1NC(=O)NN1CCCC1=O. The summed E-state index contributed by atoms with van der Waals surface area (Å²) in [7, 11) is 0. The third kappa shape index (κ3) is 3.63. The molecule has 6 nitrogen and oxygen atoms in total. The summed E-state index contributed by atoms with van der Waals surface area (Å²) in [4.78, 5) is 23.3. The first-order chi connectivity index (χ1) is 9.70. The number of rotatable bonds is 5. The number of nitrogens with one attached hydrogen (secondary N) is 2. The van der Waals surface area contributed by atoms with Crippen LogP contribution in [0.5, 0.6) is 5.75 Å². The van der Waals surface area contributed by atoms with E-state index in [0.29, 0.717) is 31.0 Å². The Labute approximate surface area is 118 Å². The fourth-order valence-electron chi connectivity index (χ4n) is 1.95. The zero-order chi connectivity index (χ0) is 14.4. The van der Waals surface area contributed by atoms with E-state index in [1.54, 1.807) is 12.1 Å². The predicted molar refractivity (Wildman–Crippen MR) is 75.3 cm³/mol. The average Bonchev–Trinajstić information content (AvgIpc) is 2.83. The molecule has 0 spiro atoms. The van der Waals surface area contributed by atoms with Gasteiger partial charge in [0.2, 0.25) is 5.91 Å². The van der Waals surface area contributed by atoms with Gasteiger partial charge >= 0.3 is 6.03 Å². The average molecular weight is 277 g/mol. The molecule has 0 aromatic heterocycles. The van der Waals surface area contributed by atoms with Crippen molar-refractivity contribution in [2.24, 2.45) is 0 Å². The van der Waals surface area contributed by atoms with Gasteiger partial charge in [0, 0.05) is 13.0 Å². The van der Waals surface area contributed by atoms with Gasteiger partial charge in [-0.3, -0.25) is 9.80 Å². The summed E-state index contributed by atoms with van der Waals surface area (Å²) in [5, 5.41) is 4.04. The van der Waals surface area contributed by atoms with E-state index in [-0.39, 0.29) is 5.91 Å². The first-order valence-corrected chi connectivity index (χ1v) is 6.80. The summed E-state index contributed by atoms with van der Waals surface area (Å²) in [5.74, 6) is 0.563. The molecule has 1 aliphatic heterocycles. The lowest BCUT2D eigenvalue weighted by atomic mass is 10.3. The topological polar surface area (TPSA) is 70.7 Å². The number of ether oxygens (including phenoxy) is 1. The minimum absolute atomic E-state index is 0.0596. The molecule has 0 unspecified atom stereocenters. The Morgan fingerprint density at radius 1 is 1.40 bits per heavy atom. The molecule has 1 aromatic carbocycles. The van der Waals surface area contributed by atoms with Crippen molar-refractivity contribution in [3.05, 3.63) is 24.3 Å². The number of anilines is 1. The molecule has 2 rings (SSSR count). The Kier molecular flexibility index (Phi) is 4.81. The molecule has 1 aromatic rings. The molecule has 1 saturated heterocycles. The van der Waals surface area contributed by atoms with Crippen LogP contribution >= 0.6 is 0 Å². The van der Waals surface area contributed by atoms with E-state index in [1.165, 1.54) is 5.01 Å². The van der Waals surface area contributed by atoms with Crippen molar-refractivity contribution in [1.82, 2.24) is 10.4 Å².